The van der Waals surface area contributed by atoms with Crippen LogP contribution in [0.5, 0.6) is 0 Å². The van der Waals surface area contributed by atoms with Crippen molar-refractivity contribution in [2.45, 2.75) is 19.9 Å². The lowest BCUT2D eigenvalue weighted by atomic mass is 9.95. The fourth-order valence-electron chi connectivity index (χ4n) is 2.20. The van der Waals surface area contributed by atoms with Gasteiger partial charge in [0.2, 0.25) is 0 Å². The molecule has 2 aromatic carbocycles. The minimum Gasteiger partial charge on any atom is -0.377 e. The second-order valence-electron chi connectivity index (χ2n) is 5.08. The number of anilines is 1. The molecule has 1 N–H and O–H groups in total. The van der Waals surface area contributed by atoms with Gasteiger partial charge in [0, 0.05) is 5.02 Å². The molecule has 0 saturated carbocycles. The van der Waals surface area contributed by atoms with Gasteiger partial charge in [-0.2, -0.15) is 5.26 Å². The van der Waals surface area contributed by atoms with Crippen molar-refractivity contribution < 1.29 is 0 Å². The number of halogens is 1. The first-order valence-electron chi connectivity index (χ1n) is 6.63. The summed E-state index contributed by atoms with van der Waals surface area (Å²) in [5.74, 6) is 0.392. The van der Waals surface area contributed by atoms with Crippen LogP contribution in [-0.2, 0) is 0 Å². The third-order valence-corrected chi connectivity index (χ3v) is 3.47. The molecule has 2 aromatic rings. The van der Waals surface area contributed by atoms with Gasteiger partial charge in [0.15, 0.2) is 0 Å². The highest BCUT2D eigenvalue weighted by atomic mass is 35.5. The Morgan fingerprint density at radius 2 is 1.80 bits per heavy atom. The zero-order chi connectivity index (χ0) is 14.5. The van der Waals surface area contributed by atoms with Crippen molar-refractivity contribution in [2.75, 3.05) is 5.32 Å². The smallest absolute Gasteiger partial charge is 0.101 e. The number of hydrogen-bond donors (Lipinski definition) is 1. The quantitative estimate of drug-likeness (QED) is 0.855. The lowest BCUT2D eigenvalue weighted by molar-refractivity contribution is 0.546. The highest BCUT2D eigenvalue weighted by molar-refractivity contribution is 6.30. The van der Waals surface area contributed by atoms with Gasteiger partial charge in [-0.15, -0.1) is 0 Å². The van der Waals surface area contributed by atoms with E-state index in [0.717, 1.165) is 5.69 Å². The molecule has 2 nitrogen and oxygen atoms in total. The van der Waals surface area contributed by atoms with Gasteiger partial charge in [0.25, 0.3) is 0 Å². The maximum Gasteiger partial charge on any atom is 0.101 e. The normalized spacial score (nSPS) is 11.9. The van der Waals surface area contributed by atoms with Crippen LogP contribution in [0, 0.1) is 17.2 Å². The Bertz CT molecular complexity index is 615. The van der Waals surface area contributed by atoms with Gasteiger partial charge in [-0.3, -0.25) is 0 Å². The summed E-state index contributed by atoms with van der Waals surface area (Å²) >= 11 is 6.03. The highest BCUT2D eigenvalue weighted by Crippen LogP contribution is 2.29. The third-order valence-electron chi connectivity index (χ3n) is 3.24. The fraction of sp³-hybridized carbons (Fsp3) is 0.235. The molecule has 0 fully saturated rings. The molecular weight excluding hydrogens is 268 g/mol. The van der Waals surface area contributed by atoms with Crippen LogP contribution in [0.15, 0.2) is 48.5 Å². The third kappa shape index (κ3) is 3.31. The first-order valence-corrected chi connectivity index (χ1v) is 7.00. The van der Waals surface area contributed by atoms with Crippen LogP contribution in [0.4, 0.5) is 5.69 Å². The monoisotopic (exact) mass is 284 g/mol. The summed E-state index contributed by atoms with van der Waals surface area (Å²) in [6, 6.07) is 17.9. The topological polar surface area (TPSA) is 35.8 Å². The van der Waals surface area contributed by atoms with Crippen LogP contribution in [0.25, 0.3) is 0 Å². The summed E-state index contributed by atoms with van der Waals surface area (Å²) in [7, 11) is 0. The Labute approximate surface area is 125 Å². The van der Waals surface area contributed by atoms with Gasteiger partial charge >= 0.3 is 0 Å². The molecule has 0 radical (unpaired) electrons. The van der Waals surface area contributed by atoms with Crippen LogP contribution in [-0.4, -0.2) is 0 Å². The summed E-state index contributed by atoms with van der Waals surface area (Å²) in [5.41, 5.74) is 2.59. The van der Waals surface area contributed by atoms with Crippen molar-refractivity contribution >= 4 is 17.3 Å². The molecule has 0 aliphatic carbocycles. The summed E-state index contributed by atoms with van der Waals surface area (Å²) in [5, 5.41) is 13.3. The van der Waals surface area contributed by atoms with Crippen molar-refractivity contribution in [3.63, 3.8) is 0 Å². The Hall–Kier alpha value is -1.98. The van der Waals surface area contributed by atoms with Gasteiger partial charge in [0.1, 0.15) is 6.07 Å². The van der Waals surface area contributed by atoms with E-state index in [4.69, 9.17) is 11.6 Å². The van der Waals surface area contributed by atoms with Crippen molar-refractivity contribution in [3.8, 4) is 6.07 Å². The van der Waals surface area contributed by atoms with Crippen LogP contribution < -0.4 is 5.32 Å². The zero-order valence-electron chi connectivity index (χ0n) is 11.6. The number of rotatable bonds is 4. The molecular formula is C17H17ClN2. The van der Waals surface area contributed by atoms with E-state index in [1.54, 1.807) is 18.2 Å². The maximum absolute atomic E-state index is 9.20. The molecule has 0 amide bonds. The van der Waals surface area contributed by atoms with E-state index in [9.17, 15) is 5.26 Å². The molecule has 0 aliphatic rings. The summed E-state index contributed by atoms with van der Waals surface area (Å²) in [6.45, 7) is 4.31. The number of nitriles is 1. The van der Waals surface area contributed by atoms with Crippen LogP contribution in [0.1, 0.15) is 31.0 Å². The minimum absolute atomic E-state index is 0.141. The number of nitrogens with zero attached hydrogens (tertiary/aromatic N) is 1. The average Bonchev–Trinajstić information content (AvgIpc) is 2.45. The van der Waals surface area contributed by atoms with Crippen molar-refractivity contribution in [2.24, 2.45) is 5.92 Å². The first kappa shape index (κ1) is 14.4. The van der Waals surface area contributed by atoms with Crippen molar-refractivity contribution in [3.05, 3.63) is 64.7 Å². The van der Waals surface area contributed by atoms with E-state index in [-0.39, 0.29) is 6.04 Å². The van der Waals surface area contributed by atoms with Gasteiger partial charge in [-0.05, 0) is 29.7 Å². The van der Waals surface area contributed by atoms with Gasteiger partial charge in [-0.25, -0.2) is 0 Å². The van der Waals surface area contributed by atoms with E-state index >= 15 is 0 Å². The van der Waals surface area contributed by atoms with Gasteiger partial charge in [-0.1, -0.05) is 55.8 Å². The van der Waals surface area contributed by atoms with E-state index in [1.807, 2.05) is 18.2 Å². The number of hydrogen-bond acceptors (Lipinski definition) is 2. The lowest BCUT2D eigenvalue weighted by Gasteiger charge is -2.24. The Morgan fingerprint density at radius 1 is 1.10 bits per heavy atom. The van der Waals surface area contributed by atoms with E-state index in [1.165, 1.54) is 5.56 Å². The molecule has 3 heteroatoms. The molecule has 0 heterocycles. The maximum atomic E-state index is 9.20. The highest BCUT2D eigenvalue weighted by Gasteiger charge is 2.17. The van der Waals surface area contributed by atoms with E-state index < -0.39 is 0 Å². The largest absolute Gasteiger partial charge is 0.377 e. The van der Waals surface area contributed by atoms with E-state index in [0.29, 0.717) is 16.5 Å². The van der Waals surface area contributed by atoms with E-state index in [2.05, 4.69) is 37.4 Å². The zero-order valence-corrected chi connectivity index (χ0v) is 12.4. The Balaban J connectivity index is 2.35. The average molecular weight is 285 g/mol. The van der Waals surface area contributed by atoms with Crippen LogP contribution in [0.3, 0.4) is 0 Å². The Morgan fingerprint density at radius 3 is 2.40 bits per heavy atom. The standard InChI is InChI=1S/C17H17ClN2/c1-12(2)17(13-6-4-3-5-7-13)20-16-10-15(18)9-8-14(16)11-19/h3-10,12,17,20H,1-2H3. The van der Waals surface area contributed by atoms with Gasteiger partial charge in [0.05, 0.1) is 17.3 Å². The molecule has 0 aliphatic heterocycles. The SMILES string of the molecule is CC(C)C(Nc1cc(Cl)ccc1C#N)c1ccccc1. The molecule has 0 aromatic heterocycles. The second-order valence-corrected chi connectivity index (χ2v) is 5.51. The van der Waals surface area contributed by atoms with Crippen LogP contribution >= 0.6 is 11.6 Å². The first-order chi connectivity index (χ1) is 9.61. The molecule has 1 unspecified atom stereocenters. The lowest BCUT2D eigenvalue weighted by Crippen LogP contribution is -2.17. The molecule has 0 bridgehead atoms. The second kappa shape index (κ2) is 6.45. The summed E-state index contributed by atoms with van der Waals surface area (Å²) < 4.78 is 0. The molecule has 2 rings (SSSR count). The number of nitrogens with one attached hydrogen (secondary N) is 1. The predicted octanol–water partition coefficient (Wildman–Crippen LogP) is 5.02. The van der Waals surface area contributed by atoms with Crippen molar-refractivity contribution in [1.29, 1.82) is 5.26 Å². The van der Waals surface area contributed by atoms with Gasteiger partial charge < -0.3 is 5.32 Å². The van der Waals surface area contributed by atoms with Crippen molar-refractivity contribution in [1.82, 2.24) is 0 Å². The molecule has 0 saturated heterocycles. The molecule has 102 valence electrons. The Kier molecular flexibility index (Phi) is 4.65. The molecule has 0 spiro atoms. The number of benzene rings is 2. The molecule has 20 heavy (non-hydrogen) atoms. The van der Waals surface area contributed by atoms with Crippen LogP contribution in [0.2, 0.25) is 5.02 Å². The fourth-order valence-corrected chi connectivity index (χ4v) is 2.37. The summed E-state index contributed by atoms with van der Waals surface area (Å²) in [6.07, 6.45) is 0. The molecule has 1 atom stereocenters. The summed E-state index contributed by atoms with van der Waals surface area (Å²) in [4.78, 5) is 0. The predicted molar refractivity (Wildman–Crippen MR) is 83.8 cm³/mol. The minimum atomic E-state index is 0.141.